The zero-order chi connectivity index (χ0) is 16.2. The number of hydrogen-bond acceptors (Lipinski definition) is 3. The van der Waals surface area contributed by atoms with Gasteiger partial charge in [0.25, 0.3) is 0 Å². The van der Waals surface area contributed by atoms with E-state index in [1.807, 2.05) is 42.5 Å². The summed E-state index contributed by atoms with van der Waals surface area (Å²) in [4.78, 5) is 16.0. The third kappa shape index (κ3) is 2.93. The molecule has 4 heteroatoms. The molecule has 23 heavy (non-hydrogen) atoms. The molecule has 0 atom stereocenters. The first-order valence-corrected chi connectivity index (χ1v) is 7.66. The maximum Gasteiger partial charge on any atom is 0.197 e. The van der Waals surface area contributed by atoms with E-state index in [0.717, 1.165) is 23.3 Å². The molecule has 0 amide bonds. The Morgan fingerprint density at radius 2 is 1.87 bits per heavy atom. The minimum Gasteiger partial charge on any atom is -0.497 e. The molecule has 0 aliphatic rings. The van der Waals surface area contributed by atoms with Gasteiger partial charge in [0.05, 0.1) is 19.2 Å². The van der Waals surface area contributed by atoms with Crippen molar-refractivity contribution in [1.29, 1.82) is 0 Å². The van der Waals surface area contributed by atoms with E-state index in [9.17, 15) is 4.79 Å². The van der Waals surface area contributed by atoms with Crippen LogP contribution in [0.15, 0.2) is 53.5 Å². The van der Waals surface area contributed by atoms with Gasteiger partial charge in [0.15, 0.2) is 5.43 Å². The number of aromatic nitrogens is 1. The first-order valence-electron chi connectivity index (χ1n) is 7.66. The third-order valence-electron chi connectivity index (χ3n) is 3.74. The molecular weight excluding hydrogens is 290 g/mol. The first kappa shape index (κ1) is 15.2. The van der Waals surface area contributed by atoms with Gasteiger partial charge in [-0.1, -0.05) is 25.1 Å². The van der Waals surface area contributed by atoms with Crippen molar-refractivity contribution in [2.45, 2.75) is 13.3 Å². The Balaban J connectivity index is 2.10. The molecule has 0 saturated heterocycles. The predicted octanol–water partition coefficient (Wildman–Crippen LogP) is 3.99. The molecule has 1 aromatic heterocycles. The standard InChI is InChI=1S/C19H19NO3/c1-3-11-23-17-6-4-5-15-18(17)20-12-16(19(15)21)13-7-9-14(22-2)10-8-13/h4-10,12H,3,11H2,1-2H3,(H,20,21). The first-order chi connectivity index (χ1) is 11.2. The number of hydrogen-bond donors (Lipinski definition) is 1. The summed E-state index contributed by atoms with van der Waals surface area (Å²) in [6.07, 6.45) is 2.66. The topological polar surface area (TPSA) is 51.3 Å². The van der Waals surface area contributed by atoms with Crippen LogP contribution in [0.5, 0.6) is 11.5 Å². The fraction of sp³-hybridized carbons (Fsp3) is 0.211. The van der Waals surface area contributed by atoms with E-state index in [1.54, 1.807) is 13.3 Å². The summed E-state index contributed by atoms with van der Waals surface area (Å²) in [6.45, 7) is 2.68. The molecule has 0 radical (unpaired) electrons. The van der Waals surface area contributed by atoms with E-state index in [1.165, 1.54) is 0 Å². The molecule has 3 aromatic rings. The van der Waals surface area contributed by atoms with E-state index in [4.69, 9.17) is 9.47 Å². The number of fused-ring (bicyclic) bond motifs is 1. The van der Waals surface area contributed by atoms with Crippen LogP contribution >= 0.6 is 0 Å². The van der Waals surface area contributed by atoms with Gasteiger partial charge in [-0.3, -0.25) is 4.79 Å². The van der Waals surface area contributed by atoms with Crippen LogP contribution in [0.3, 0.4) is 0 Å². The molecule has 4 nitrogen and oxygen atoms in total. The minimum atomic E-state index is -0.00846. The SMILES string of the molecule is CCCOc1cccc2c(=O)c(-c3ccc(OC)cc3)c[nH]c12. The fourth-order valence-electron chi connectivity index (χ4n) is 2.54. The lowest BCUT2D eigenvalue weighted by atomic mass is 10.0. The van der Waals surface area contributed by atoms with Gasteiger partial charge in [-0.25, -0.2) is 0 Å². The Morgan fingerprint density at radius 1 is 1.09 bits per heavy atom. The fourth-order valence-corrected chi connectivity index (χ4v) is 2.54. The highest BCUT2D eigenvalue weighted by atomic mass is 16.5. The molecule has 1 N–H and O–H groups in total. The molecule has 0 unspecified atom stereocenters. The third-order valence-corrected chi connectivity index (χ3v) is 3.74. The number of methoxy groups -OCH3 is 1. The number of benzene rings is 2. The largest absolute Gasteiger partial charge is 0.497 e. The molecule has 0 aliphatic carbocycles. The highest BCUT2D eigenvalue weighted by molar-refractivity contribution is 5.87. The van der Waals surface area contributed by atoms with Crippen molar-refractivity contribution < 1.29 is 9.47 Å². The minimum absolute atomic E-state index is 0.00846. The van der Waals surface area contributed by atoms with Gasteiger partial charge in [0, 0.05) is 17.1 Å². The van der Waals surface area contributed by atoms with Gasteiger partial charge in [0.2, 0.25) is 0 Å². The van der Waals surface area contributed by atoms with E-state index in [-0.39, 0.29) is 5.43 Å². The number of nitrogens with one attached hydrogen (secondary N) is 1. The van der Waals surface area contributed by atoms with Crippen LogP contribution in [0, 0.1) is 0 Å². The van der Waals surface area contributed by atoms with Gasteiger partial charge in [-0.15, -0.1) is 0 Å². The van der Waals surface area contributed by atoms with Crippen LogP contribution in [0.25, 0.3) is 22.0 Å². The van der Waals surface area contributed by atoms with Crippen molar-refractivity contribution in [1.82, 2.24) is 4.98 Å². The molecule has 0 fully saturated rings. The van der Waals surface area contributed by atoms with E-state index < -0.39 is 0 Å². The summed E-state index contributed by atoms with van der Waals surface area (Å²) in [5, 5.41) is 0.631. The lowest BCUT2D eigenvalue weighted by Crippen LogP contribution is -2.07. The van der Waals surface area contributed by atoms with Gasteiger partial charge in [0.1, 0.15) is 11.5 Å². The molecule has 2 aromatic carbocycles. The Hall–Kier alpha value is -2.75. The molecule has 0 aliphatic heterocycles. The summed E-state index contributed by atoms with van der Waals surface area (Å²) < 4.78 is 10.9. The lowest BCUT2D eigenvalue weighted by molar-refractivity contribution is 0.320. The molecule has 3 rings (SSSR count). The maximum atomic E-state index is 12.8. The smallest absolute Gasteiger partial charge is 0.197 e. The van der Waals surface area contributed by atoms with E-state index in [2.05, 4.69) is 11.9 Å². The van der Waals surface area contributed by atoms with Crippen LogP contribution in [0.4, 0.5) is 0 Å². The second-order valence-corrected chi connectivity index (χ2v) is 5.29. The number of rotatable bonds is 5. The number of para-hydroxylation sites is 1. The number of aromatic amines is 1. The summed E-state index contributed by atoms with van der Waals surface area (Å²) >= 11 is 0. The number of H-pyrrole nitrogens is 1. The molecular formula is C19H19NO3. The van der Waals surface area contributed by atoms with Crippen LogP contribution in [-0.2, 0) is 0 Å². The highest BCUT2D eigenvalue weighted by Gasteiger charge is 2.10. The Labute approximate surface area is 134 Å². The Morgan fingerprint density at radius 3 is 2.57 bits per heavy atom. The van der Waals surface area contributed by atoms with Crippen molar-refractivity contribution in [3.63, 3.8) is 0 Å². The molecule has 1 heterocycles. The van der Waals surface area contributed by atoms with Crippen molar-refractivity contribution in [2.24, 2.45) is 0 Å². The van der Waals surface area contributed by atoms with Crippen LogP contribution < -0.4 is 14.9 Å². The predicted molar refractivity (Wildman–Crippen MR) is 92.3 cm³/mol. The summed E-state index contributed by atoms with van der Waals surface area (Å²) in [6, 6.07) is 13.0. The van der Waals surface area contributed by atoms with Crippen LogP contribution in [-0.4, -0.2) is 18.7 Å². The van der Waals surface area contributed by atoms with Crippen molar-refractivity contribution in [3.8, 4) is 22.6 Å². The molecule has 118 valence electrons. The zero-order valence-corrected chi connectivity index (χ0v) is 13.3. The number of ether oxygens (including phenoxy) is 2. The van der Waals surface area contributed by atoms with Gasteiger partial charge in [-0.05, 0) is 36.2 Å². The summed E-state index contributed by atoms with van der Waals surface area (Å²) in [5.74, 6) is 1.48. The van der Waals surface area contributed by atoms with Gasteiger partial charge >= 0.3 is 0 Å². The number of pyridine rings is 1. The molecule has 0 bridgehead atoms. The Bertz CT molecular complexity index is 866. The second kappa shape index (κ2) is 6.57. The Kier molecular flexibility index (Phi) is 4.33. The van der Waals surface area contributed by atoms with Crippen molar-refractivity contribution in [3.05, 3.63) is 58.9 Å². The maximum absolute atomic E-state index is 12.8. The van der Waals surface area contributed by atoms with Crippen LogP contribution in [0.2, 0.25) is 0 Å². The average molecular weight is 309 g/mol. The van der Waals surface area contributed by atoms with Gasteiger partial charge < -0.3 is 14.5 Å². The molecule has 0 saturated carbocycles. The van der Waals surface area contributed by atoms with Crippen molar-refractivity contribution in [2.75, 3.05) is 13.7 Å². The lowest BCUT2D eigenvalue weighted by Gasteiger charge is -2.09. The summed E-state index contributed by atoms with van der Waals surface area (Å²) in [7, 11) is 1.62. The second-order valence-electron chi connectivity index (χ2n) is 5.29. The van der Waals surface area contributed by atoms with Crippen LogP contribution in [0.1, 0.15) is 13.3 Å². The zero-order valence-electron chi connectivity index (χ0n) is 13.3. The molecule has 0 spiro atoms. The van der Waals surface area contributed by atoms with E-state index in [0.29, 0.717) is 23.3 Å². The normalized spacial score (nSPS) is 10.7. The van der Waals surface area contributed by atoms with Crippen molar-refractivity contribution >= 4 is 10.9 Å². The van der Waals surface area contributed by atoms with E-state index >= 15 is 0 Å². The average Bonchev–Trinajstić information content (AvgIpc) is 2.60. The quantitative estimate of drug-likeness (QED) is 0.775. The highest BCUT2D eigenvalue weighted by Crippen LogP contribution is 2.25. The monoisotopic (exact) mass is 309 g/mol. The van der Waals surface area contributed by atoms with Gasteiger partial charge in [-0.2, -0.15) is 0 Å². The summed E-state index contributed by atoms with van der Waals surface area (Å²) in [5.41, 5.74) is 2.22.